The fraction of sp³-hybridized carbons (Fsp3) is 0.438. The van der Waals surface area contributed by atoms with Crippen LogP contribution in [0.2, 0.25) is 0 Å². The molecule has 0 aliphatic carbocycles. The molecule has 5 heteroatoms. The van der Waals surface area contributed by atoms with Crippen LogP contribution in [0.4, 0.5) is 0 Å². The van der Waals surface area contributed by atoms with Crippen molar-refractivity contribution in [1.29, 1.82) is 0 Å². The number of hydrogen-bond donors (Lipinski definition) is 1. The minimum Gasteiger partial charge on any atom is -0.497 e. The molecule has 0 aliphatic rings. The van der Waals surface area contributed by atoms with Crippen LogP contribution in [0.1, 0.15) is 25.5 Å². The predicted octanol–water partition coefficient (Wildman–Crippen LogP) is 2.64. The molecule has 2 aromatic rings. The number of aromatic nitrogens is 2. The van der Waals surface area contributed by atoms with E-state index in [1.807, 2.05) is 30.7 Å². The summed E-state index contributed by atoms with van der Waals surface area (Å²) in [7, 11) is 3.34. The third-order valence-corrected chi connectivity index (χ3v) is 3.49. The molecule has 0 saturated heterocycles. The Morgan fingerprint density at radius 2 is 2.05 bits per heavy atom. The Morgan fingerprint density at radius 3 is 2.67 bits per heavy atom. The van der Waals surface area contributed by atoms with Gasteiger partial charge in [-0.15, -0.1) is 0 Å². The van der Waals surface area contributed by atoms with Crippen molar-refractivity contribution in [2.45, 2.75) is 32.5 Å². The van der Waals surface area contributed by atoms with Crippen molar-refractivity contribution < 1.29 is 9.47 Å². The maximum absolute atomic E-state index is 5.46. The van der Waals surface area contributed by atoms with Gasteiger partial charge in [0.2, 0.25) is 0 Å². The number of methoxy groups -OCH3 is 2. The van der Waals surface area contributed by atoms with E-state index in [1.54, 1.807) is 20.4 Å². The molecule has 0 spiro atoms. The van der Waals surface area contributed by atoms with Gasteiger partial charge in [-0.25, -0.2) is 4.98 Å². The van der Waals surface area contributed by atoms with E-state index in [9.17, 15) is 0 Å². The van der Waals surface area contributed by atoms with E-state index in [-0.39, 0.29) is 6.04 Å². The van der Waals surface area contributed by atoms with E-state index in [2.05, 4.69) is 28.7 Å². The fourth-order valence-electron chi connectivity index (χ4n) is 2.46. The molecule has 1 heterocycles. The van der Waals surface area contributed by atoms with Gasteiger partial charge in [0.25, 0.3) is 0 Å². The Balaban J connectivity index is 2.03. The lowest BCUT2D eigenvalue weighted by molar-refractivity contribution is 0.377. The summed E-state index contributed by atoms with van der Waals surface area (Å²) in [5, 5.41) is 3.58. The highest BCUT2D eigenvalue weighted by Crippen LogP contribution is 2.29. The minimum atomic E-state index is 0.185. The first-order valence-corrected chi connectivity index (χ1v) is 7.07. The average molecular weight is 289 g/mol. The van der Waals surface area contributed by atoms with Gasteiger partial charge in [-0.2, -0.15) is 0 Å². The van der Waals surface area contributed by atoms with E-state index in [0.29, 0.717) is 6.04 Å². The number of imidazole rings is 1. The molecule has 0 aliphatic heterocycles. The standard InChI is InChI=1S/C16H23N3O2/c1-12(10-19-8-7-17-11-19)18-13(2)15-6-5-14(20-3)9-16(15)21-4/h5-9,11-13,18H,10H2,1-4H3. The molecule has 0 saturated carbocycles. The molecular formula is C16H23N3O2. The van der Waals surface area contributed by atoms with E-state index in [1.165, 1.54) is 0 Å². The number of rotatable bonds is 7. The lowest BCUT2D eigenvalue weighted by atomic mass is 10.1. The zero-order valence-electron chi connectivity index (χ0n) is 13.0. The van der Waals surface area contributed by atoms with Crippen LogP contribution in [-0.4, -0.2) is 29.8 Å². The Labute approximate surface area is 125 Å². The Hall–Kier alpha value is -2.01. The van der Waals surface area contributed by atoms with Crippen LogP contribution in [-0.2, 0) is 6.54 Å². The summed E-state index contributed by atoms with van der Waals surface area (Å²) >= 11 is 0. The topological polar surface area (TPSA) is 48.3 Å². The third kappa shape index (κ3) is 3.98. The summed E-state index contributed by atoms with van der Waals surface area (Å²) in [6.07, 6.45) is 5.59. The number of ether oxygens (including phenoxy) is 2. The second-order valence-corrected chi connectivity index (χ2v) is 5.16. The Kier molecular flexibility index (Phi) is 5.22. The van der Waals surface area contributed by atoms with Crippen molar-refractivity contribution in [3.05, 3.63) is 42.5 Å². The first kappa shape index (κ1) is 15.4. The SMILES string of the molecule is COc1ccc(C(C)NC(C)Cn2ccnc2)c(OC)c1. The molecule has 1 aromatic heterocycles. The second kappa shape index (κ2) is 7.13. The van der Waals surface area contributed by atoms with E-state index < -0.39 is 0 Å². The quantitative estimate of drug-likeness (QED) is 0.851. The van der Waals surface area contributed by atoms with E-state index >= 15 is 0 Å². The van der Waals surface area contributed by atoms with Crippen molar-refractivity contribution in [1.82, 2.24) is 14.9 Å². The van der Waals surface area contributed by atoms with Crippen molar-refractivity contribution in [2.75, 3.05) is 14.2 Å². The highest BCUT2D eigenvalue weighted by molar-refractivity contribution is 5.42. The van der Waals surface area contributed by atoms with Gasteiger partial charge in [0.1, 0.15) is 11.5 Å². The first-order valence-electron chi connectivity index (χ1n) is 7.07. The van der Waals surface area contributed by atoms with Crippen molar-refractivity contribution in [3.8, 4) is 11.5 Å². The van der Waals surface area contributed by atoms with Crippen molar-refractivity contribution in [2.24, 2.45) is 0 Å². The van der Waals surface area contributed by atoms with Gasteiger partial charge in [-0.1, -0.05) is 6.07 Å². The second-order valence-electron chi connectivity index (χ2n) is 5.16. The van der Waals surface area contributed by atoms with Crippen LogP contribution >= 0.6 is 0 Å². The normalized spacial score (nSPS) is 13.7. The molecular weight excluding hydrogens is 266 g/mol. The average Bonchev–Trinajstić information content (AvgIpc) is 2.99. The molecule has 1 N–H and O–H groups in total. The highest BCUT2D eigenvalue weighted by Gasteiger charge is 2.14. The number of benzene rings is 1. The van der Waals surface area contributed by atoms with Gasteiger partial charge in [0.15, 0.2) is 0 Å². The van der Waals surface area contributed by atoms with Gasteiger partial charge in [-0.3, -0.25) is 0 Å². The summed E-state index contributed by atoms with van der Waals surface area (Å²) in [5.41, 5.74) is 1.12. The van der Waals surface area contributed by atoms with Gasteiger partial charge in [0, 0.05) is 42.7 Å². The van der Waals surface area contributed by atoms with E-state index in [4.69, 9.17) is 9.47 Å². The van der Waals surface area contributed by atoms with Crippen molar-refractivity contribution in [3.63, 3.8) is 0 Å². The van der Waals surface area contributed by atoms with Crippen LogP contribution in [0.3, 0.4) is 0 Å². The van der Waals surface area contributed by atoms with E-state index in [0.717, 1.165) is 23.6 Å². The number of hydrogen-bond acceptors (Lipinski definition) is 4. The zero-order valence-corrected chi connectivity index (χ0v) is 13.0. The van der Waals surface area contributed by atoms with Gasteiger partial charge >= 0.3 is 0 Å². The van der Waals surface area contributed by atoms with Crippen LogP contribution < -0.4 is 14.8 Å². The highest BCUT2D eigenvalue weighted by atomic mass is 16.5. The molecule has 0 amide bonds. The number of nitrogens with zero attached hydrogens (tertiary/aromatic N) is 2. The maximum atomic E-state index is 5.46. The minimum absolute atomic E-state index is 0.185. The van der Waals surface area contributed by atoms with Crippen molar-refractivity contribution >= 4 is 0 Å². The monoisotopic (exact) mass is 289 g/mol. The lowest BCUT2D eigenvalue weighted by Crippen LogP contribution is -2.32. The Morgan fingerprint density at radius 1 is 1.24 bits per heavy atom. The Bertz CT molecular complexity index is 555. The van der Waals surface area contributed by atoms with Crippen LogP contribution in [0.5, 0.6) is 11.5 Å². The van der Waals surface area contributed by atoms with Gasteiger partial charge in [-0.05, 0) is 19.9 Å². The molecule has 114 valence electrons. The number of nitrogens with one attached hydrogen (secondary N) is 1. The molecule has 2 atom stereocenters. The molecule has 0 bridgehead atoms. The maximum Gasteiger partial charge on any atom is 0.127 e. The zero-order chi connectivity index (χ0) is 15.2. The smallest absolute Gasteiger partial charge is 0.127 e. The molecule has 1 aromatic carbocycles. The molecule has 5 nitrogen and oxygen atoms in total. The summed E-state index contributed by atoms with van der Waals surface area (Å²) < 4.78 is 12.8. The predicted molar refractivity (Wildman–Crippen MR) is 82.8 cm³/mol. The molecule has 2 rings (SSSR count). The molecule has 0 fully saturated rings. The van der Waals surface area contributed by atoms with Gasteiger partial charge in [0.05, 0.1) is 20.5 Å². The summed E-state index contributed by atoms with van der Waals surface area (Å²) in [5.74, 6) is 1.64. The molecule has 0 radical (unpaired) electrons. The summed E-state index contributed by atoms with van der Waals surface area (Å²) in [6.45, 7) is 5.17. The van der Waals surface area contributed by atoms with Crippen LogP contribution in [0.25, 0.3) is 0 Å². The largest absolute Gasteiger partial charge is 0.497 e. The first-order chi connectivity index (χ1) is 10.1. The molecule has 21 heavy (non-hydrogen) atoms. The summed E-state index contributed by atoms with van der Waals surface area (Å²) in [4.78, 5) is 4.06. The van der Waals surface area contributed by atoms with Gasteiger partial charge < -0.3 is 19.4 Å². The molecule has 2 unspecified atom stereocenters. The van der Waals surface area contributed by atoms with Crippen LogP contribution in [0, 0.1) is 0 Å². The summed E-state index contributed by atoms with van der Waals surface area (Å²) in [6, 6.07) is 6.41. The fourth-order valence-corrected chi connectivity index (χ4v) is 2.46. The van der Waals surface area contributed by atoms with Crippen LogP contribution in [0.15, 0.2) is 36.9 Å². The third-order valence-electron chi connectivity index (χ3n) is 3.49. The lowest BCUT2D eigenvalue weighted by Gasteiger charge is -2.22.